The zero-order valence-corrected chi connectivity index (χ0v) is 17.9. The zero-order chi connectivity index (χ0) is 23.5. The van der Waals surface area contributed by atoms with Crippen LogP contribution in [0.1, 0.15) is 28.8 Å². The van der Waals surface area contributed by atoms with E-state index in [1.807, 2.05) is 4.90 Å². The number of hydrogen-bond acceptors (Lipinski definition) is 8. The quantitative estimate of drug-likeness (QED) is 0.679. The van der Waals surface area contributed by atoms with Crippen LogP contribution in [0.2, 0.25) is 0 Å². The lowest BCUT2D eigenvalue weighted by molar-refractivity contribution is -0.152. The second-order valence-corrected chi connectivity index (χ2v) is 8.72. The van der Waals surface area contributed by atoms with Crippen LogP contribution in [0.15, 0.2) is 23.1 Å². The molecule has 2 saturated heterocycles. The molecule has 0 radical (unpaired) electrons. The van der Waals surface area contributed by atoms with E-state index >= 15 is 0 Å². The van der Waals surface area contributed by atoms with Crippen molar-refractivity contribution < 1.29 is 22.7 Å². The molecule has 2 aromatic heterocycles. The summed E-state index contributed by atoms with van der Waals surface area (Å²) < 4.78 is 48.6. The van der Waals surface area contributed by atoms with E-state index in [1.54, 1.807) is 6.92 Å². The first kappa shape index (κ1) is 21.7. The van der Waals surface area contributed by atoms with Gasteiger partial charge in [0.1, 0.15) is 17.7 Å². The van der Waals surface area contributed by atoms with Crippen LogP contribution >= 0.6 is 0 Å². The molecule has 0 aromatic carbocycles. The summed E-state index contributed by atoms with van der Waals surface area (Å²) in [6.07, 6.45) is -2.90. The number of alkyl halides is 3. The fourth-order valence-corrected chi connectivity index (χ4v) is 4.79. The molecule has 33 heavy (non-hydrogen) atoms. The van der Waals surface area contributed by atoms with E-state index in [-0.39, 0.29) is 42.4 Å². The number of hydrogen-bond donors (Lipinski definition) is 1. The third kappa shape index (κ3) is 3.81. The average Bonchev–Trinajstić information content (AvgIpc) is 3.39. The van der Waals surface area contributed by atoms with Gasteiger partial charge in [-0.15, -0.1) is 0 Å². The van der Waals surface area contributed by atoms with E-state index < -0.39 is 30.1 Å². The van der Waals surface area contributed by atoms with Gasteiger partial charge in [-0.3, -0.25) is 14.2 Å². The van der Waals surface area contributed by atoms with E-state index in [2.05, 4.69) is 9.97 Å². The number of halogens is 3. The van der Waals surface area contributed by atoms with Gasteiger partial charge in [-0.1, -0.05) is 0 Å². The number of aromatic nitrogens is 3. The van der Waals surface area contributed by atoms with Crippen LogP contribution in [0, 0.1) is 6.92 Å². The van der Waals surface area contributed by atoms with Gasteiger partial charge in [0.15, 0.2) is 5.78 Å². The van der Waals surface area contributed by atoms with Crippen LogP contribution in [-0.4, -0.2) is 64.4 Å². The predicted molar refractivity (Wildman–Crippen MR) is 114 cm³/mol. The van der Waals surface area contributed by atoms with E-state index in [9.17, 15) is 22.8 Å². The number of rotatable bonds is 4. The van der Waals surface area contributed by atoms with E-state index in [0.29, 0.717) is 24.5 Å². The summed E-state index contributed by atoms with van der Waals surface area (Å²) in [6.45, 7) is 1.95. The smallest absolute Gasteiger partial charge is 0.383 e. The van der Waals surface area contributed by atoms with Crippen molar-refractivity contribution in [3.05, 3.63) is 39.8 Å². The Morgan fingerprint density at radius 2 is 2.12 bits per heavy atom. The summed E-state index contributed by atoms with van der Waals surface area (Å²) in [6, 6.07) is 0.941. The van der Waals surface area contributed by atoms with E-state index in [4.69, 9.17) is 10.5 Å². The molecule has 3 aliphatic rings. The maximum absolute atomic E-state index is 14.0. The molecule has 0 amide bonds. The number of ketones is 1. The van der Waals surface area contributed by atoms with Gasteiger partial charge in [0.2, 0.25) is 5.95 Å². The number of aryl methyl sites for hydroxylation is 1. The van der Waals surface area contributed by atoms with Crippen LogP contribution < -0.4 is 21.1 Å². The normalized spacial score (nSPS) is 24.3. The lowest BCUT2D eigenvalue weighted by Gasteiger charge is -2.39. The fraction of sp³-hybridized carbons (Fsp3) is 0.524. The van der Waals surface area contributed by atoms with Gasteiger partial charge in [0.05, 0.1) is 25.3 Å². The number of pyridine rings is 1. The lowest BCUT2D eigenvalue weighted by Crippen LogP contribution is -2.54. The average molecular weight is 464 g/mol. The first-order valence-electron chi connectivity index (χ1n) is 10.7. The summed E-state index contributed by atoms with van der Waals surface area (Å²) in [4.78, 5) is 37.0. The van der Waals surface area contributed by atoms with Crippen LogP contribution in [0.3, 0.4) is 0 Å². The number of anilines is 3. The number of Topliss-reactive ketones (excluding diaryl/α,β-unsaturated/α-hetero) is 1. The Labute approximate surface area is 187 Å². The Morgan fingerprint density at radius 3 is 2.76 bits per heavy atom. The third-order valence-corrected chi connectivity index (χ3v) is 6.56. The molecular formula is C21H23F3N6O3. The van der Waals surface area contributed by atoms with Crippen molar-refractivity contribution in [2.75, 3.05) is 35.2 Å². The monoisotopic (exact) mass is 464 g/mol. The molecule has 0 aliphatic carbocycles. The molecule has 0 saturated carbocycles. The molecule has 0 unspecified atom stereocenters. The fourth-order valence-electron chi connectivity index (χ4n) is 4.79. The zero-order valence-electron chi connectivity index (χ0n) is 17.9. The molecule has 2 bridgehead atoms. The standard InChI is InChI=1S/C21H23F3N6O3/c1-11-4-12(7-26-19(11)25)15(31)9-30-16(21(22,23)24)2-3-28-18(32)6-17(27-20(28)30)29-8-14-5-13(29)10-33-14/h4,6-7,13-14,16H,2-3,5,8-10H2,1H3,(H2,25,26)/t13-,14-,16-/m0/s1. The Balaban J connectivity index is 1.53. The van der Waals surface area contributed by atoms with Crippen molar-refractivity contribution in [3.8, 4) is 0 Å². The lowest BCUT2D eigenvalue weighted by atomic mass is 10.1. The molecule has 3 aliphatic heterocycles. The van der Waals surface area contributed by atoms with Crippen LogP contribution in [0.5, 0.6) is 0 Å². The van der Waals surface area contributed by atoms with Crippen LogP contribution in [0.4, 0.5) is 30.8 Å². The molecule has 2 fully saturated rings. The molecule has 12 heteroatoms. The van der Waals surface area contributed by atoms with E-state index in [1.165, 1.54) is 22.9 Å². The van der Waals surface area contributed by atoms with Crippen LogP contribution in [0.25, 0.3) is 0 Å². The van der Waals surface area contributed by atoms with Crippen LogP contribution in [-0.2, 0) is 11.3 Å². The van der Waals surface area contributed by atoms with Crippen molar-refractivity contribution in [1.82, 2.24) is 14.5 Å². The highest BCUT2D eigenvalue weighted by Gasteiger charge is 2.48. The van der Waals surface area contributed by atoms with E-state index in [0.717, 1.165) is 11.3 Å². The van der Waals surface area contributed by atoms with Gasteiger partial charge < -0.3 is 20.3 Å². The highest BCUT2D eigenvalue weighted by Crippen LogP contribution is 2.36. The van der Waals surface area contributed by atoms with Crippen molar-refractivity contribution >= 4 is 23.4 Å². The molecule has 5 heterocycles. The number of fused-ring (bicyclic) bond motifs is 3. The topological polar surface area (TPSA) is 107 Å². The summed E-state index contributed by atoms with van der Waals surface area (Å²) in [5, 5.41) is 0. The van der Waals surface area contributed by atoms with Gasteiger partial charge in [0, 0.05) is 30.9 Å². The number of ether oxygens (including phenoxy) is 1. The highest BCUT2D eigenvalue weighted by molar-refractivity contribution is 5.99. The predicted octanol–water partition coefficient (Wildman–Crippen LogP) is 1.53. The maximum Gasteiger partial charge on any atom is 0.408 e. The minimum Gasteiger partial charge on any atom is -0.383 e. The van der Waals surface area contributed by atoms with Gasteiger partial charge in [-0.05, 0) is 31.4 Å². The summed E-state index contributed by atoms with van der Waals surface area (Å²) >= 11 is 0. The number of nitrogen functional groups attached to an aromatic ring is 1. The number of carbonyl (C=O) groups excluding carboxylic acids is 1. The second-order valence-electron chi connectivity index (χ2n) is 8.72. The first-order chi connectivity index (χ1) is 15.6. The maximum atomic E-state index is 14.0. The second kappa shape index (κ2) is 7.72. The minimum atomic E-state index is -4.60. The first-order valence-corrected chi connectivity index (χ1v) is 10.7. The Kier molecular flexibility index (Phi) is 5.07. The van der Waals surface area contributed by atoms with Crippen molar-refractivity contribution in [1.29, 1.82) is 0 Å². The largest absolute Gasteiger partial charge is 0.408 e. The molecule has 9 nitrogen and oxygen atoms in total. The Bertz CT molecular complexity index is 1170. The molecule has 176 valence electrons. The van der Waals surface area contributed by atoms with Crippen molar-refractivity contribution in [2.24, 2.45) is 0 Å². The molecule has 3 atom stereocenters. The Hall–Kier alpha value is -3.15. The Morgan fingerprint density at radius 1 is 1.33 bits per heavy atom. The number of nitrogens with zero attached hydrogens (tertiary/aromatic N) is 5. The van der Waals surface area contributed by atoms with Gasteiger partial charge in [0.25, 0.3) is 5.56 Å². The molecule has 5 rings (SSSR count). The molecule has 2 N–H and O–H groups in total. The number of nitrogens with two attached hydrogens (primary N) is 1. The van der Waals surface area contributed by atoms with Crippen molar-refractivity contribution in [2.45, 2.75) is 50.7 Å². The third-order valence-electron chi connectivity index (χ3n) is 6.56. The summed E-state index contributed by atoms with van der Waals surface area (Å²) in [5.74, 6) is -0.165. The van der Waals surface area contributed by atoms with Gasteiger partial charge in [-0.2, -0.15) is 18.2 Å². The van der Waals surface area contributed by atoms with Gasteiger partial charge >= 0.3 is 6.18 Å². The molecular weight excluding hydrogens is 441 g/mol. The minimum absolute atomic E-state index is 0.0254. The van der Waals surface area contributed by atoms with Gasteiger partial charge in [-0.25, -0.2) is 4.98 Å². The molecule has 0 spiro atoms. The van der Waals surface area contributed by atoms with Crippen molar-refractivity contribution in [3.63, 3.8) is 0 Å². The summed E-state index contributed by atoms with van der Waals surface area (Å²) in [7, 11) is 0. The molecule has 2 aromatic rings. The number of carbonyl (C=O) groups is 1. The summed E-state index contributed by atoms with van der Waals surface area (Å²) in [5.41, 5.74) is 5.94. The SMILES string of the molecule is Cc1cc(C(=O)CN2c3nc(N4C[C@@H]5C[C@H]4CO5)cc(=O)n3CC[C@H]2C(F)(F)F)cnc1N. The highest BCUT2D eigenvalue weighted by atomic mass is 19.4. The number of morpholine rings is 1.